The Labute approximate surface area is 110 Å². The number of ether oxygens (including phenoxy) is 1. The van der Waals surface area contributed by atoms with Gasteiger partial charge in [0, 0.05) is 12.1 Å². The highest BCUT2D eigenvalue weighted by molar-refractivity contribution is 5.94. The Hall–Kier alpha value is -1.69. The van der Waals surface area contributed by atoms with Crippen LogP contribution in [0.5, 0.6) is 5.75 Å². The first kappa shape index (κ1) is 15.4. The number of amides is 1. The van der Waals surface area contributed by atoms with Crippen LogP contribution in [0.1, 0.15) is 29.6 Å². The molecule has 0 spiro atoms. The van der Waals surface area contributed by atoms with Crippen molar-refractivity contribution in [1.29, 1.82) is 0 Å². The fraction of sp³-hybridized carbons (Fsp3) is 0.462. The molecule has 0 radical (unpaired) electrons. The highest BCUT2D eigenvalue weighted by Crippen LogP contribution is 2.14. The number of halogens is 2. The summed E-state index contributed by atoms with van der Waals surface area (Å²) in [5, 5.41) is 2.75. The van der Waals surface area contributed by atoms with E-state index in [9.17, 15) is 13.6 Å². The molecule has 19 heavy (non-hydrogen) atoms. The monoisotopic (exact) mass is 272 g/mol. The van der Waals surface area contributed by atoms with E-state index in [1.165, 1.54) is 24.3 Å². The third kappa shape index (κ3) is 6.15. The van der Waals surface area contributed by atoms with E-state index in [0.29, 0.717) is 18.7 Å². The molecule has 1 aromatic carbocycles. The number of nitrogens with one attached hydrogen (secondary N) is 1. The lowest BCUT2D eigenvalue weighted by molar-refractivity contribution is -0.0498. The predicted octanol–water partition coefficient (Wildman–Crippen LogP) is 2.15. The van der Waals surface area contributed by atoms with Gasteiger partial charge in [-0.25, -0.2) is 0 Å². The molecule has 0 saturated heterocycles. The van der Waals surface area contributed by atoms with Crippen LogP contribution in [0.25, 0.3) is 0 Å². The molecule has 1 aromatic rings. The van der Waals surface area contributed by atoms with Crippen molar-refractivity contribution in [3.63, 3.8) is 0 Å². The molecule has 0 atom stereocenters. The first-order valence-corrected chi connectivity index (χ1v) is 6.16. The van der Waals surface area contributed by atoms with Crippen LogP contribution in [0.4, 0.5) is 8.78 Å². The quantitative estimate of drug-likeness (QED) is 0.713. The number of nitrogens with two attached hydrogens (primary N) is 1. The summed E-state index contributed by atoms with van der Waals surface area (Å²) in [6, 6.07) is 5.59. The van der Waals surface area contributed by atoms with Crippen LogP contribution in [-0.4, -0.2) is 25.6 Å². The van der Waals surface area contributed by atoms with Gasteiger partial charge in [-0.2, -0.15) is 8.78 Å². The molecule has 0 saturated carbocycles. The van der Waals surface area contributed by atoms with E-state index >= 15 is 0 Å². The van der Waals surface area contributed by atoms with Gasteiger partial charge in [-0.05, 0) is 43.7 Å². The molecule has 6 heteroatoms. The summed E-state index contributed by atoms with van der Waals surface area (Å²) < 4.78 is 28.1. The minimum Gasteiger partial charge on any atom is -0.435 e. The Bertz CT molecular complexity index is 383. The SMILES string of the molecule is NCCCCCNC(=O)c1ccc(OC(F)F)cc1. The predicted molar refractivity (Wildman–Crippen MR) is 68.3 cm³/mol. The molecule has 0 aliphatic rings. The minimum absolute atomic E-state index is 0.0366. The van der Waals surface area contributed by atoms with E-state index in [2.05, 4.69) is 10.1 Å². The molecule has 0 bridgehead atoms. The second-order valence-corrected chi connectivity index (χ2v) is 4.01. The Balaban J connectivity index is 2.36. The minimum atomic E-state index is -2.86. The van der Waals surface area contributed by atoms with E-state index in [1.54, 1.807) is 0 Å². The molecule has 4 nitrogen and oxygen atoms in total. The van der Waals surface area contributed by atoms with Crippen LogP contribution in [-0.2, 0) is 0 Å². The summed E-state index contributed by atoms with van der Waals surface area (Å²) in [7, 11) is 0. The lowest BCUT2D eigenvalue weighted by Gasteiger charge is -2.07. The smallest absolute Gasteiger partial charge is 0.387 e. The van der Waals surface area contributed by atoms with Gasteiger partial charge in [-0.1, -0.05) is 6.42 Å². The summed E-state index contributed by atoms with van der Waals surface area (Å²) in [6.45, 7) is -1.63. The molecule has 0 unspecified atom stereocenters. The van der Waals surface area contributed by atoms with Gasteiger partial charge in [0.05, 0.1) is 0 Å². The summed E-state index contributed by atoms with van der Waals surface area (Å²) in [6.07, 6.45) is 2.78. The lowest BCUT2D eigenvalue weighted by atomic mass is 10.2. The van der Waals surface area contributed by atoms with Crippen molar-refractivity contribution in [3.8, 4) is 5.75 Å². The molecule has 0 aliphatic carbocycles. The molecule has 3 N–H and O–H groups in total. The molecule has 1 rings (SSSR count). The third-order valence-electron chi connectivity index (χ3n) is 2.51. The number of carbonyl (C=O) groups is 1. The van der Waals surface area contributed by atoms with Crippen molar-refractivity contribution in [2.45, 2.75) is 25.9 Å². The Kier molecular flexibility index (Phi) is 6.81. The van der Waals surface area contributed by atoms with Crippen molar-refractivity contribution in [3.05, 3.63) is 29.8 Å². The largest absolute Gasteiger partial charge is 0.435 e. The molecular weight excluding hydrogens is 254 g/mol. The van der Waals surface area contributed by atoms with Gasteiger partial charge in [0.1, 0.15) is 5.75 Å². The second kappa shape index (κ2) is 8.42. The maximum absolute atomic E-state index is 11.9. The van der Waals surface area contributed by atoms with Crippen molar-refractivity contribution in [2.75, 3.05) is 13.1 Å². The number of carbonyl (C=O) groups excluding carboxylic acids is 1. The number of rotatable bonds is 8. The molecule has 106 valence electrons. The van der Waals surface area contributed by atoms with E-state index in [1.807, 2.05) is 0 Å². The zero-order chi connectivity index (χ0) is 14.1. The van der Waals surface area contributed by atoms with Gasteiger partial charge >= 0.3 is 6.61 Å². The van der Waals surface area contributed by atoms with Gasteiger partial charge in [0.2, 0.25) is 0 Å². The molecule has 0 aromatic heterocycles. The van der Waals surface area contributed by atoms with Crippen LogP contribution >= 0.6 is 0 Å². The van der Waals surface area contributed by atoms with E-state index < -0.39 is 6.61 Å². The number of unbranched alkanes of at least 4 members (excludes halogenated alkanes) is 2. The van der Waals surface area contributed by atoms with Gasteiger partial charge < -0.3 is 15.8 Å². The molecular formula is C13H18F2N2O2. The fourth-order valence-electron chi connectivity index (χ4n) is 1.54. The van der Waals surface area contributed by atoms with E-state index in [4.69, 9.17) is 5.73 Å². The van der Waals surface area contributed by atoms with Gasteiger partial charge in [0.25, 0.3) is 5.91 Å². The van der Waals surface area contributed by atoms with Crippen molar-refractivity contribution < 1.29 is 18.3 Å². The van der Waals surface area contributed by atoms with Crippen molar-refractivity contribution in [1.82, 2.24) is 5.32 Å². The van der Waals surface area contributed by atoms with Crippen LogP contribution in [0.3, 0.4) is 0 Å². The summed E-state index contributed by atoms with van der Waals surface area (Å²) in [5.74, 6) is -0.189. The fourth-order valence-corrected chi connectivity index (χ4v) is 1.54. The molecule has 0 heterocycles. The number of alkyl halides is 2. The standard InChI is InChI=1S/C13H18F2N2O2/c14-13(15)19-11-6-4-10(5-7-11)12(18)17-9-3-1-2-8-16/h4-7,13H,1-3,8-9,16H2,(H,17,18). The Morgan fingerprint density at radius 2 is 1.89 bits per heavy atom. The number of hydrogen-bond acceptors (Lipinski definition) is 3. The third-order valence-corrected chi connectivity index (χ3v) is 2.51. The van der Waals surface area contributed by atoms with Crippen molar-refractivity contribution in [2.24, 2.45) is 5.73 Å². The van der Waals surface area contributed by atoms with Gasteiger partial charge in [-0.3, -0.25) is 4.79 Å². The highest BCUT2D eigenvalue weighted by Gasteiger charge is 2.07. The van der Waals surface area contributed by atoms with E-state index in [0.717, 1.165) is 19.3 Å². The van der Waals surface area contributed by atoms with Gasteiger partial charge in [0.15, 0.2) is 0 Å². The molecule has 0 aliphatic heterocycles. The average Bonchev–Trinajstić information content (AvgIpc) is 2.38. The Morgan fingerprint density at radius 1 is 1.21 bits per heavy atom. The number of benzene rings is 1. The van der Waals surface area contributed by atoms with Gasteiger partial charge in [-0.15, -0.1) is 0 Å². The Morgan fingerprint density at radius 3 is 2.47 bits per heavy atom. The molecule has 0 fully saturated rings. The zero-order valence-electron chi connectivity index (χ0n) is 10.6. The maximum atomic E-state index is 11.9. The first-order chi connectivity index (χ1) is 9.13. The normalized spacial score (nSPS) is 10.5. The van der Waals surface area contributed by atoms with Crippen LogP contribution in [0.2, 0.25) is 0 Å². The highest BCUT2D eigenvalue weighted by atomic mass is 19.3. The van der Waals surface area contributed by atoms with Crippen LogP contribution in [0.15, 0.2) is 24.3 Å². The summed E-state index contributed by atoms with van der Waals surface area (Å²) >= 11 is 0. The maximum Gasteiger partial charge on any atom is 0.387 e. The van der Waals surface area contributed by atoms with Crippen LogP contribution in [0, 0.1) is 0 Å². The molecule has 1 amide bonds. The number of hydrogen-bond donors (Lipinski definition) is 2. The first-order valence-electron chi connectivity index (χ1n) is 6.16. The summed E-state index contributed by atoms with van der Waals surface area (Å²) in [5.41, 5.74) is 5.77. The summed E-state index contributed by atoms with van der Waals surface area (Å²) in [4.78, 5) is 11.7. The topological polar surface area (TPSA) is 64.3 Å². The van der Waals surface area contributed by atoms with Crippen LogP contribution < -0.4 is 15.8 Å². The average molecular weight is 272 g/mol. The van der Waals surface area contributed by atoms with Crippen molar-refractivity contribution >= 4 is 5.91 Å². The second-order valence-electron chi connectivity index (χ2n) is 4.01. The zero-order valence-corrected chi connectivity index (χ0v) is 10.6. The lowest BCUT2D eigenvalue weighted by Crippen LogP contribution is -2.24. The van der Waals surface area contributed by atoms with E-state index in [-0.39, 0.29) is 11.7 Å².